The molecule has 0 bridgehead atoms. The number of hydrogen-bond acceptors (Lipinski definition) is 1. The van der Waals surface area contributed by atoms with E-state index in [2.05, 4.69) is 110 Å². The van der Waals surface area contributed by atoms with Crippen molar-refractivity contribution in [3.8, 4) is 0 Å². The van der Waals surface area contributed by atoms with Gasteiger partial charge in [-0.3, -0.25) is 4.90 Å². The van der Waals surface area contributed by atoms with Gasteiger partial charge >= 0.3 is 0 Å². The zero-order chi connectivity index (χ0) is 21.0. The van der Waals surface area contributed by atoms with Crippen LogP contribution in [-0.4, -0.2) is 30.8 Å². The predicted molar refractivity (Wildman–Crippen MR) is 134 cm³/mol. The Kier molecular flexibility index (Phi) is 14.4. The van der Waals surface area contributed by atoms with Crippen molar-refractivity contribution in [2.75, 3.05) is 25.9 Å². The summed E-state index contributed by atoms with van der Waals surface area (Å²) in [6, 6.07) is 22.8. The molecule has 2 aromatic carbocycles. The van der Waals surface area contributed by atoms with E-state index in [1.807, 2.05) is 0 Å². The number of hydrogen-bond donors (Lipinski definition) is 0. The largest absolute Gasteiger partial charge is 0.295 e. The highest BCUT2D eigenvalue weighted by Gasteiger charge is 2.42. The van der Waals surface area contributed by atoms with Gasteiger partial charge in [-0.15, -0.1) is 23.2 Å². The molecule has 0 saturated carbocycles. The molecule has 0 radical (unpaired) electrons. The summed E-state index contributed by atoms with van der Waals surface area (Å²) in [5.41, 5.74) is 3.37. The molecule has 0 amide bonds. The lowest BCUT2D eigenvalue weighted by Gasteiger charge is -2.50. The molecule has 1 aliphatic heterocycles. The van der Waals surface area contributed by atoms with Gasteiger partial charge < -0.3 is 0 Å². The number of alkyl halides is 2. The standard InChI is InChI=1S/C23H31N.2CH3Cl.CH4/c1-4-16-23(3)17-21(19-12-8-6-9-13-19)22(24(5-2)18-23)20-14-10-7-11-15-20;2*1-2;/h6-15,21-22H,4-5,16-18H2,1-3H3;2*1H3;1H4. The van der Waals surface area contributed by atoms with Crippen molar-refractivity contribution in [2.24, 2.45) is 5.41 Å². The number of rotatable bonds is 5. The molecule has 1 fully saturated rings. The molecule has 0 aromatic heterocycles. The summed E-state index contributed by atoms with van der Waals surface area (Å²) in [6.45, 7) is 9.46. The second kappa shape index (κ2) is 14.9. The van der Waals surface area contributed by atoms with Gasteiger partial charge in [0.1, 0.15) is 0 Å². The summed E-state index contributed by atoms with van der Waals surface area (Å²) in [5, 5.41) is 0. The van der Waals surface area contributed by atoms with Crippen LogP contribution in [0.25, 0.3) is 0 Å². The van der Waals surface area contributed by atoms with Crippen molar-refractivity contribution in [2.45, 2.75) is 59.4 Å². The molecule has 3 unspecified atom stereocenters. The van der Waals surface area contributed by atoms with Crippen molar-refractivity contribution in [3.05, 3.63) is 71.8 Å². The number of nitrogens with zero attached hydrogens (tertiary/aromatic N) is 1. The molecule has 1 aliphatic rings. The molecule has 0 N–H and O–H groups in total. The molecule has 1 nitrogen and oxygen atoms in total. The molecule has 29 heavy (non-hydrogen) atoms. The van der Waals surface area contributed by atoms with Crippen LogP contribution in [0.1, 0.15) is 70.5 Å². The molecule has 3 atom stereocenters. The molecule has 3 rings (SSSR count). The topological polar surface area (TPSA) is 3.24 Å². The lowest BCUT2D eigenvalue weighted by Crippen LogP contribution is -2.47. The van der Waals surface area contributed by atoms with Crippen molar-refractivity contribution in [3.63, 3.8) is 0 Å². The summed E-state index contributed by atoms with van der Waals surface area (Å²) >= 11 is 9.28. The van der Waals surface area contributed by atoms with E-state index in [9.17, 15) is 0 Å². The predicted octanol–water partition coefficient (Wildman–Crippen LogP) is 8.39. The Labute approximate surface area is 190 Å². The van der Waals surface area contributed by atoms with E-state index in [1.54, 1.807) is 0 Å². The molecule has 0 spiro atoms. The van der Waals surface area contributed by atoms with Gasteiger partial charge in [-0.2, -0.15) is 0 Å². The Balaban J connectivity index is 0.00000148. The first-order valence-corrected chi connectivity index (χ1v) is 11.8. The molecule has 3 heteroatoms. The highest BCUT2D eigenvalue weighted by Crippen LogP contribution is 2.50. The first-order chi connectivity index (χ1) is 13.7. The molecular weight excluding hydrogens is 397 g/mol. The van der Waals surface area contributed by atoms with Crippen LogP contribution in [0, 0.1) is 5.41 Å². The summed E-state index contributed by atoms with van der Waals surface area (Å²) in [5.74, 6) is 0.568. The Morgan fingerprint density at radius 3 is 1.79 bits per heavy atom. The van der Waals surface area contributed by atoms with Crippen LogP contribution < -0.4 is 0 Å². The normalized spacial score (nSPS) is 23.6. The molecule has 1 heterocycles. The van der Waals surface area contributed by atoms with E-state index in [4.69, 9.17) is 0 Å². The van der Waals surface area contributed by atoms with Gasteiger partial charge in [-0.25, -0.2) is 0 Å². The van der Waals surface area contributed by atoms with Crippen molar-refractivity contribution in [1.82, 2.24) is 4.90 Å². The van der Waals surface area contributed by atoms with Gasteiger partial charge in [0.05, 0.1) is 0 Å². The first kappa shape index (κ1) is 28.0. The number of benzene rings is 2. The highest BCUT2D eigenvalue weighted by atomic mass is 35.5. The van der Waals surface area contributed by atoms with Crippen LogP contribution >= 0.6 is 23.2 Å². The Morgan fingerprint density at radius 1 is 0.862 bits per heavy atom. The highest BCUT2D eigenvalue weighted by molar-refractivity contribution is 6.15. The lowest BCUT2D eigenvalue weighted by molar-refractivity contribution is 0.0314. The van der Waals surface area contributed by atoms with Gasteiger partial charge in [0.25, 0.3) is 0 Å². The van der Waals surface area contributed by atoms with Crippen molar-refractivity contribution in [1.29, 1.82) is 0 Å². The molecular formula is C26H41Cl2N. The number of halogens is 2. The van der Waals surface area contributed by atoms with Crippen LogP contribution in [0.4, 0.5) is 0 Å². The van der Waals surface area contributed by atoms with E-state index in [0.717, 1.165) is 6.54 Å². The smallest absolute Gasteiger partial charge is 0.0416 e. The average Bonchev–Trinajstić information content (AvgIpc) is 2.77. The van der Waals surface area contributed by atoms with E-state index in [0.29, 0.717) is 17.4 Å². The summed E-state index contributed by atoms with van der Waals surface area (Å²) in [7, 11) is 0. The minimum atomic E-state index is 0. The fraction of sp³-hybridized carbons (Fsp3) is 0.538. The second-order valence-corrected chi connectivity index (χ2v) is 7.70. The van der Waals surface area contributed by atoms with Crippen LogP contribution in [0.5, 0.6) is 0 Å². The van der Waals surface area contributed by atoms with Gasteiger partial charge in [0.2, 0.25) is 0 Å². The quantitative estimate of drug-likeness (QED) is 0.424. The summed E-state index contributed by atoms with van der Waals surface area (Å²) in [6.07, 6.45) is 6.81. The van der Waals surface area contributed by atoms with Crippen LogP contribution in [0.15, 0.2) is 60.7 Å². The lowest BCUT2D eigenvalue weighted by atomic mass is 9.68. The third-order valence-electron chi connectivity index (χ3n) is 5.70. The summed E-state index contributed by atoms with van der Waals surface area (Å²) in [4.78, 5) is 2.71. The number of likely N-dealkylation sites (N-methyl/N-ethyl adjacent to an activating group) is 1. The SMILES string of the molecule is C.CCCC1(C)CC(c2ccccc2)C(c2ccccc2)N(CC)C1.CCl.CCl. The van der Waals surface area contributed by atoms with Crippen LogP contribution in [0.2, 0.25) is 0 Å². The monoisotopic (exact) mass is 437 g/mol. The molecule has 2 aromatic rings. The van der Waals surface area contributed by atoms with Gasteiger partial charge in [0, 0.05) is 31.3 Å². The third-order valence-corrected chi connectivity index (χ3v) is 5.70. The first-order valence-electron chi connectivity index (χ1n) is 10.3. The van der Waals surface area contributed by atoms with Gasteiger partial charge in [-0.05, 0) is 35.9 Å². The average molecular weight is 439 g/mol. The second-order valence-electron chi connectivity index (χ2n) is 7.70. The van der Waals surface area contributed by atoms with E-state index >= 15 is 0 Å². The third kappa shape index (κ3) is 7.63. The van der Waals surface area contributed by atoms with E-state index < -0.39 is 0 Å². The Morgan fingerprint density at radius 2 is 1.34 bits per heavy atom. The Bertz CT molecular complexity index is 632. The van der Waals surface area contributed by atoms with E-state index in [1.165, 1.54) is 49.7 Å². The zero-order valence-electron chi connectivity index (χ0n) is 18.2. The molecule has 1 saturated heterocycles. The summed E-state index contributed by atoms with van der Waals surface area (Å²) < 4.78 is 0. The van der Waals surface area contributed by atoms with Crippen LogP contribution in [0.3, 0.4) is 0 Å². The maximum atomic E-state index is 4.64. The van der Waals surface area contributed by atoms with Gasteiger partial charge in [-0.1, -0.05) is 95.3 Å². The number of likely N-dealkylation sites (tertiary alicyclic amines) is 1. The minimum Gasteiger partial charge on any atom is -0.295 e. The zero-order valence-corrected chi connectivity index (χ0v) is 19.7. The fourth-order valence-corrected chi connectivity index (χ4v) is 4.74. The fourth-order valence-electron chi connectivity index (χ4n) is 4.74. The van der Waals surface area contributed by atoms with E-state index in [-0.39, 0.29) is 7.43 Å². The number of piperidine rings is 1. The van der Waals surface area contributed by atoms with Crippen LogP contribution in [-0.2, 0) is 0 Å². The minimum absolute atomic E-state index is 0. The Hall–Kier alpha value is -1.02. The maximum absolute atomic E-state index is 4.64. The van der Waals surface area contributed by atoms with Crippen molar-refractivity contribution >= 4 is 23.2 Å². The van der Waals surface area contributed by atoms with Gasteiger partial charge in [0.15, 0.2) is 0 Å². The molecule has 0 aliphatic carbocycles. The molecule has 164 valence electrons. The maximum Gasteiger partial charge on any atom is 0.0416 e. The van der Waals surface area contributed by atoms with Crippen molar-refractivity contribution < 1.29 is 0 Å².